The number of carbonyl (C=O) groups is 2. The molecule has 8 heteroatoms. The number of aliphatic carboxylic acids is 1. The number of aliphatic hydroxyl groups excluding tert-OH is 2. The second-order valence-corrected chi connectivity index (χ2v) is 5.40. The van der Waals surface area contributed by atoms with Crippen LogP contribution in [-0.4, -0.2) is 47.0 Å². The number of carboxylic acids is 1. The lowest BCUT2D eigenvalue weighted by Gasteiger charge is -2.33. The molecule has 1 aromatic rings. The third-order valence-corrected chi connectivity index (χ3v) is 3.61. The van der Waals surface area contributed by atoms with Gasteiger partial charge in [0.1, 0.15) is 17.9 Å². The van der Waals surface area contributed by atoms with Gasteiger partial charge in [-0.1, -0.05) is 15.9 Å². The maximum Gasteiger partial charge on any atom is 0.322 e. The summed E-state index contributed by atoms with van der Waals surface area (Å²) in [7, 11) is 1.56. The largest absolute Gasteiger partial charge is 0.507 e. The second kappa shape index (κ2) is 5.74. The van der Waals surface area contributed by atoms with Crippen molar-refractivity contribution in [2.75, 3.05) is 18.5 Å². The van der Waals surface area contributed by atoms with E-state index in [4.69, 9.17) is 5.11 Å². The van der Waals surface area contributed by atoms with Crippen LogP contribution in [0.2, 0.25) is 0 Å². The number of rotatable bonds is 3. The summed E-state index contributed by atoms with van der Waals surface area (Å²) in [6, 6.07) is 5.03. The van der Waals surface area contributed by atoms with Gasteiger partial charge >= 0.3 is 5.97 Å². The number of aliphatic hydroxyl groups is 2. The van der Waals surface area contributed by atoms with Crippen molar-refractivity contribution in [2.45, 2.75) is 6.23 Å². The summed E-state index contributed by atoms with van der Waals surface area (Å²) in [6.45, 7) is -0.600. The maximum atomic E-state index is 12.0. The normalized spacial score (nSPS) is 17.5. The zero-order valence-corrected chi connectivity index (χ0v) is 12.6. The molecule has 7 nitrogen and oxygen atoms in total. The summed E-state index contributed by atoms with van der Waals surface area (Å²) in [5, 5.41) is 31.1. The molecule has 1 atom stereocenters. The van der Waals surface area contributed by atoms with Gasteiger partial charge in [-0.15, -0.1) is 0 Å². The number of fused-ring (bicyclic) bond motifs is 1. The molecule has 0 aliphatic carbocycles. The predicted molar refractivity (Wildman–Crippen MR) is 78.7 cm³/mol. The molecule has 4 N–H and O–H groups in total. The Morgan fingerprint density at radius 2 is 2.10 bits per heavy atom. The van der Waals surface area contributed by atoms with Gasteiger partial charge in [-0.05, 0) is 18.2 Å². The third-order valence-electron chi connectivity index (χ3n) is 3.12. The fourth-order valence-electron chi connectivity index (χ4n) is 2.07. The lowest BCUT2D eigenvalue weighted by atomic mass is 9.98. The van der Waals surface area contributed by atoms with Crippen molar-refractivity contribution in [1.82, 2.24) is 5.32 Å². The summed E-state index contributed by atoms with van der Waals surface area (Å²) in [5.41, 5.74) is 0.639. The minimum Gasteiger partial charge on any atom is -0.507 e. The average Bonchev–Trinajstić information content (AvgIpc) is 2.43. The molecule has 1 heterocycles. The van der Waals surface area contributed by atoms with Gasteiger partial charge in [-0.25, -0.2) is 0 Å². The summed E-state index contributed by atoms with van der Waals surface area (Å²) in [4.78, 5) is 23.9. The Kier molecular flexibility index (Phi) is 4.19. The van der Waals surface area contributed by atoms with E-state index in [1.54, 1.807) is 25.2 Å². The van der Waals surface area contributed by atoms with Crippen LogP contribution in [0.25, 0.3) is 5.76 Å². The van der Waals surface area contributed by atoms with E-state index in [1.807, 2.05) is 0 Å². The quantitative estimate of drug-likeness (QED) is 0.634. The molecule has 21 heavy (non-hydrogen) atoms. The van der Waals surface area contributed by atoms with Gasteiger partial charge in [0.05, 0.1) is 0 Å². The molecule has 0 saturated carbocycles. The van der Waals surface area contributed by atoms with Crippen molar-refractivity contribution in [2.24, 2.45) is 0 Å². The van der Waals surface area contributed by atoms with Gasteiger partial charge in [0, 0.05) is 22.8 Å². The Labute approximate surface area is 128 Å². The standard InChI is InChI=1S/C13H13BrN2O5/c1-16-8-3-2-6(14)4-7(8)11(19)10(13(16)21)12(20)15-5-9(17)18/h2-4,13,19,21H,5H2,1H3,(H,15,20)(H,17,18). The van der Waals surface area contributed by atoms with E-state index in [9.17, 15) is 19.8 Å². The Morgan fingerprint density at radius 1 is 1.43 bits per heavy atom. The first-order valence-electron chi connectivity index (χ1n) is 5.97. The van der Waals surface area contributed by atoms with Gasteiger partial charge in [-0.3, -0.25) is 9.59 Å². The highest BCUT2D eigenvalue weighted by Crippen LogP contribution is 2.36. The monoisotopic (exact) mass is 356 g/mol. The molecule has 1 aliphatic rings. The minimum absolute atomic E-state index is 0.288. The van der Waals surface area contributed by atoms with Gasteiger partial charge in [0.25, 0.3) is 5.91 Å². The Bertz CT molecular complexity index is 643. The van der Waals surface area contributed by atoms with E-state index < -0.39 is 24.6 Å². The van der Waals surface area contributed by atoms with E-state index in [0.717, 1.165) is 0 Å². The highest BCUT2D eigenvalue weighted by molar-refractivity contribution is 9.10. The average molecular weight is 357 g/mol. The molecular weight excluding hydrogens is 344 g/mol. The molecule has 2 rings (SSSR count). The molecule has 1 aromatic carbocycles. The summed E-state index contributed by atoms with van der Waals surface area (Å²) >= 11 is 3.27. The molecule has 0 spiro atoms. The number of benzene rings is 1. The predicted octanol–water partition coefficient (Wildman–Crippen LogP) is 0.687. The van der Waals surface area contributed by atoms with E-state index in [0.29, 0.717) is 15.7 Å². The topological polar surface area (TPSA) is 110 Å². The number of carbonyl (C=O) groups excluding carboxylic acids is 1. The molecule has 1 unspecified atom stereocenters. The number of carboxylic acid groups (broad SMARTS) is 1. The molecule has 112 valence electrons. The number of halogens is 1. The highest BCUT2D eigenvalue weighted by atomic mass is 79.9. The fraction of sp³-hybridized carbons (Fsp3) is 0.231. The van der Waals surface area contributed by atoms with Crippen LogP contribution in [0.4, 0.5) is 5.69 Å². The first-order chi connectivity index (χ1) is 9.82. The molecule has 1 aliphatic heterocycles. The molecule has 0 saturated heterocycles. The Morgan fingerprint density at radius 3 is 2.71 bits per heavy atom. The number of anilines is 1. The van der Waals surface area contributed by atoms with Crippen molar-refractivity contribution in [3.8, 4) is 0 Å². The molecule has 0 radical (unpaired) electrons. The Balaban J connectivity index is 2.46. The number of nitrogens with one attached hydrogen (secondary N) is 1. The number of nitrogens with zero attached hydrogens (tertiary/aromatic N) is 1. The first-order valence-corrected chi connectivity index (χ1v) is 6.76. The SMILES string of the molecule is CN1c2ccc(Br)cc2C(O)=C(C(=O)NCC(=O)O)C1O. The second-order valence-electron chi connectivity index (χ2n) is 4.48. The summed E-state index contributed by atoms with van der Waals surface area (Å²) in [5.74, 6) is -2.43. The number of likely N-dealkylation sites (N-methyl/N-ethyl adjacent to an activating group) is 1. The van der Waals surface area contributed by atoms with Crippen LogP contribution in [0, 0.1) is 0 Å². The van der Waals surface area contributed by atoms with E-state index >= 15 is 0 Å². The first kappa shape index (κ1) is 15.3. The fourth-order valence-corrected chi connectivity index (χ4v) is 2.44. The van der Waals surface area contributed by atoms with Crippen LogP contribution in [-0.2, 0) is 9.59 Å². The minimum atomic E-state index is -1.37. The molecule has 1 amide bonds. The van der Waals surface area contributed by atoms with Gasteiger partial charge in [0.15, 0.2) is 6.23 Å². The molecule has 0 fully saturated rings. The van der Waals surface area contributed by atoms with E-state index in [1.165, 1.54) is 4.90 Å². The van der Waals surface area contributed by atoms with Crippen LogP contribution < -0.4 is 10.2 Å². The van der Waals surface area contributed by atoms with Crippen molar-refractivity contribution < 1.29 is 24.9 Å². The highest BCUT2D eigenvalue weighted by Gasteiger charge is 2.34. The smallest absolute Gasteiger partial charge is 0.322 e. The molecular formula is C13H13BrN2O5. The third kappa shape index (κ3) is 2.86. The zero-order valence-electron chi connectivity index (χ0n) is 11.0. The van der Waals surface area contributed by atoms with Crippen molar-refractivity contribution in [3.63, 3.8) is 0 Å². The van der Waals surface area contributed by atoms with Crippen LogP contribution >= 0.6 is 15.9 Å². The van der Waals surface area contributed by atoms with Crippen molar-refractivity contribution in [1.29, 1.82) is 0 Å². The van der Waals surface area contributed by atoms with Crippen LogP contribution in [0.1, 0.15) is 5.56 Å². The van der Waals surface area contributed by atoms with E-state index in [-0.39, 0.29) is 11.3 Å². The summed E-state index contributed by atoms with van der Waals surface area (Å²) in [6.07, 6.45) is -1.37. The molecule has 0 bridgehead atoms. The van der Waals surface area contributed by atoms with Crippen LogP contribution in [0.3, 0.4) is 0 Å². The summed E-state index contributed by atoms with van der Waals surface area (Å²) < 4.78 is 0.697. The van der Waals surface area contributed by atoms with E-state index in [2.05, 4.69) is 21.2 Å². The zero-order chi connectivity index (χ0) is 15.7. The van der Waals surface area contributed by atoms with Gasteiger partial charge in [-0.2, -0.15) is 0 Å². The number of hydrogen-bond acceptors (Lipinski definition) is 5. The maximum absolute atomic E-state index is 12.0. The van der Waals surface area contributed by atoms with Crippen molar-refractivity contribution in [3.05, 3.63) is 33.8 Å². The van der Waals surface area contributed by atoms with Crippen LogP contribution in [0.5, 0.6) is 0 Å². The number of hydrogen-bond donors (Lipinski definition) is 4. The Hall–Kier alpha value is -2.06. The van der Waals surface area contributed by atoms with Gasteiger partial charge in [0.2, 0.25) is 0 Å². The van der Waals surface area contributed by atoms with Gasteiger partial charge < -0.3 is 25.5 Å². The van der Waals surface area contributed by atoms with Crippen molar-refractivity contribution >= 4 is 39.3 Å². The lowest BCUT2D eigenvalue weighted by Crippen LogP contribution is -2.43. The lowest BCUT2D eigenvalue weighted by molar-refractivity contribution is -0.137. The van der Waals surface area contributed by atoms with Crippen LogP contribution in [0.15, 0.2) is 28.2 Å². The molecule has 0 aromatic heterocycles. The number of amides is 1.